The fourth-order valence-corrected chi connectivity index (χ4v) is 3.69. The second-order valence-corrected chi connectivity index (χ2v) is 9.15. The Bertz CT molecular complexity index is 584. The van der Waals surface area contributed by atoms with E-state index < -0.39 is 11.7 Å². The van der Waals surface area contributed by atoms with Gasteiger partial charge >= 0.3 is 6.09 Å². The number of aromatic nitrogens is 1. The predicted octanol–water partition coefficient (Wildman–Crippen LogP) is 4.00. The van der Waals surface area contributed by atoms with E-state index in [-0.39, 0.29) is 12.0 Å². The summed E-state index contributed by atoms with van der Waals surface area (Å²) in [6.45, 7) is 6.88. The highest BCUT2D eigenvalue weighted by atomic mass is 127. The molecule has 0 aromatic carbocycles. The highest BCUT2D eigenvalue weighted by molar-refractivity contribution is 14.1. The molecule has 0 aliphatic carbocycles. The number of likely N-dealkylation sites (tertiary alicyclic amines) is 1. The van der Waals surface area contributed by atoms with Gasteiger partial charge in [0.1, 0.15) is 10.2 Å². The summed E-state index contributed by atoms with van der Waals surface area (Å²) in [6, 6.07) is 1.96. The Kier molecular flexibility index (Phi) is 6.90. The van der Waals surface area contributed by atoms with E-state index in [1.54, 1.807) is 11.1 Å². The summed E-state index contributed by atoms with van der Waals surface area (Å²) in [5.74, 6) is 0.200. The number of carbonyl (C=O) groups is 1. The molecular weight excluding hydrogens is 487 g/mol. The molecule has 0 saturated carbocycles. The first kappa shape index (κ1) is 19.9. The van der Waals surface area contributed by atoms with Crippen molar-refractivity contribution in [1.29, 1.82) is 0 Å². The number of pyridine rings is 1. The van der Waals surface area contributed by atoms with Crippen LogP contribution < -0.4 is 0 Å². The number of halogens is 2. The monoisotopic (exact) mass is 510 g/mol. The van der Waals surface area contributed by atoms with Crippen LogP contribution in [0.1, 0.15) is 39.2 Å². The van der Waals surface area contributed by atoms with Crippen LogP contribution in [0.15, 0.2) is 16.9 Å². The van der Waals surface area contributed by atoms with Crippen LogP contribution >= 0.6 is 38.5 Å². The lowest BCUT2D eigenvalue weighted by Gasteiger charge is -2.35. The number of rotatable bonds is 3. The molecule has 0 bridgehead atoms. The summed E-state index contributed by atoms with van der Waals surface area (Å²) in [5, 5.41) is 10.6. The Hall–Kier alpha value is -0.410. The van der Waals surface area contributed by atoms with Gasteiger partial charge in [-0.1, -0.05) is 0 Å². The van der Waals surface area contributed by atoms with Crippen LogP contribution in [0.3, 0.4) is 0 Å². The van der Waals surface area contributed by atoms with E-state index in [1.165, 1.54) is 0 Å². The first-order valence-corrected chi connectivity index (χ1v) is 9.99. The van der Waals surface area contributed by atoms with Gasteiger partial charge in [0.15, 0.2) is 0 Å². The molecular formula is C17H24BrIN2O3. The number of piperidine rings is 1. The van der Waals surface area contributed by atoms with Crippen molar-refractivity contribution in [3.8, 4) is 0 Å². The third kappa shape index (κ3) is 5.84. The first-order valence-electron chi connectivity index (χ1n) is 8.11. The lowest BCUT2D eigenvalue weighted by atomic mass is 9.88. The number of hydrogen-bond donors (Lipinski definition) is 1. The minimum atomic E-state index is -0.473. The van der Waals surface area contributed by atoms with Crippen molar-refractivity contribution in [3.63, 3.8) is 0 Å². The van der Waals surface area contributed by atoms with Crippen molar-refractivity contribution >= 4 is 44.6 Å². The number of amides is 1. The predicted molar refractivity (Wildman–Crippen MR) is 105 cm³/mol. The van der Waals surface area contributed by atoms with Gasteiger partial charge in [-0.25, -0.2) is 9.78 Å². The maximum absolute atomic E-state index is 12.1. The molecule has 1 aliphatic heterocycles. The summed E-state index contributed by atoms with van der Waals surface area (Å²) in [4.78, 5) is 18.0. The first-order chi connectivity index (χ1) is 11.2. The molecule has 1 aromatic rings. The Morgan fingerprint density at radius 1 is 1.50 bits per heavy atom. The minimum Gasteiger partial charge on any atom is -0.444 e. The third-order valence-electron chi connectivity index (χ3n) is 4.07. The van der Waals surface area contributed by atoms with E-state index in [0.717, 1.165) is 26.6 Å². The van der Waals surface area contributed by atoms with Crippen LogP contribution in [0, 0.1) is 9.49 Å². The molecule has 2 heterocycles. The average Bonchev–Trinajstić information content (AvgIpc) is 2.49. The van der Waals surface area contributed by atoms with Crippen LogP contribution in [0.4, 0.5) is 4.79 Å². The summed E-state index contributed by atoms with van der Waals surface area (Å²) in [6.07, 6.45) is 3.33. The number of aliphatic hydroxyl groups is 1. The molecule has 5 nitrogen and oxygen atoms in total. The molecule has 1 saturated heterocycles. The van der Waals surface area contributed by atoms with Crippen LogP contribution in [0.2, 0.25) is 0 Å². The van der Waals surface area contributed by atoms with E-state index in [2.05, 4.69) is 43.5 Å². The van der Waals surface area contributed by atoms with Crippen molar-refractivity contribution in [3.05, 3.63) is 26.0 Å². The van der Waals surface area contributed by atoms with Gasteiger partial charge in [0.2, 0.25) is 0 Å². The topological polar surface area (TPSA) is 62.7 Å². The normalized spacial score (nSPS) is 17.7. The highest BCUT2D eigenvalue weighted by Crippen LogP contribution is 2.26. The molecule has 1 unspecified atom stereocenters. The van der Waals surface area contributed by atoms with Crippen molar-refractivity contribution < 1.29 is 14.6 Å². The molecule has 0 radical (unpaired) electrons. The molecule has 134 valence electrons. The molecule has 24 heavy (non-hydrogen) atoms. The number of carbonyl (C=O) groups excluding carboxylic acids is 1. The zero-order valence-electron chi connectivity index (χ0n) is 14.3. The van der Waals surface area contributed by atoms with Gasteiger partial charge in [-0.05, 0) is 96.1 Å². The van der Waals surface area contributed by atoms with Crippen LogP contribution in [0.25, 0.3) is 0 Å². The average molecular weight is 511 g/mol. The summed E-state index contributed by atoms with van der Waals surface area (Å²) in [5.41, 5.74) is 0.623. The summed E-state index contributed by atoms with van der Waals surface area (Å²) in [7, 11) is 0. The van der Waals surface area contributed by atoms with Crippen LogP contribution in [-0.4, -0.2) is 45.9 Å². The van der Waals surface area contributed by atoms with Gasteiger partial charge in [0.05, 0.1) is 6.10 Å². The van der Waals surface area contributed by atoms with E-state index >= 15 is 0 Å². The number of hydrogen-bond acceptors (Lipinski definition) is 4. The molecule has 1 atom stereocenters. The van der Waals surface area contributed by atoms with Crippen molar-refractivity contribution in [2.45, 2.75) is 51.7 Å². The Balaban J connectivity index is 1.87. The van der Waals surface area contributed by atoms with E-state index in [4.69, 9.17) is 4.74 Å². The SMILES string of the molecule is CC(C)(C)OC(=O)N1CCC(C(O)Cc2cc(Br)ncc2I)CC1. The Morgan fingerprint density at radius 3 is 2.71 bits per heavy atom. The molecule has 2 rings (SSSR count). The maximum Gasteiger partial charge on any atom is 0.410 e. The van der Waals surface area contributed by atoms with Crippen molar-refractivity contribution in [1.82, 2.24) is 9.88 Å². The quantitative estimate of drug-likeness (QED) is 0.493. The Morgan fingerprint density at radius 2 is 2.12 bits per heavy atom. The zero-order chi connectivity index (χ0) is 17.9. The molecule has 1 fully saturated rings. The number of aliphatic hydroxyl groups excluding tert-OH is 1. The fourth-order valence-electron chi connectivity index (χ4n) is 2.79. The van der Waals surface area contributed by atoms with Gasteiger partial charge in [0.25, 0.3) is 0 Å². The standard InChI is InChI=1S/C17H24BrIN2O3/c1-17(2,3)24-16(23)21-6-4-11(5-7-21)14(22)8-12-9-15(18)20-10-13(12)19/h9-11,14,22H,4-8H2,1-3H3. The van der Waals surface area contributed by atoms with Gasteiger partial charge in [-0.2, -0.15) is 0 Å². The molecule has 1 aliphatic rings. The maximum atomic E-state index is 12.1. The summed E-state index contributed by atoms with van der Waals surface area (Å²) >= 11 is 5.62. The Labute approximate surface area is 165 Å². The number of nitrogens with zero attached hydrogens (tertiary/aromatic N) is 2. The minimum absolute atomic E-state index is 0.200. The van der Waals surface area contributed by atoms with Crippen molar-refractivity contribution in [2.24, 2.45) is 5.92 Å². The van der Waals surface area contributed by atoms with Gasteiger partial charge in [-0.3, -0.25) is 0 Å². The number of ether oxygens (including phenoxy) is 1. The van der Waals surface area contributed by atoms with Gasteiger partial charge in [0, 0.05) is 22.9 Å². The van der Waals surface area contributed by atoms with Crippen molar-refractivity contribution in [2.75, 3.05) is 13.1 Å². The second kappa shape index (κ2) is 8.31. The van der Waals surface area contributed by atoms with E-state index in [1.807, 2.05) is 26.8 Å². The highest BCUT2D eigenvalue weighted by Gasteiger charge is 2.30. The molecule has 1 aromatic heterocycles. The summed E-state index contributed by atoms with van der Waals surface area (Å²) < 4.78 is 7.25. The van der Waals surface area contributed by atoms with E-state index in [0.29, 0.717) is 19.5 Å². The fraction of sp³-hybridized carbons (Fsp3) is 0.647. The zero-order valence-corrected chi connectivity index (χ0v) is 18.0. The van der Waals surface area contributed by atoms with Crippen LogP contribution in [-0.2, 0) is 11.2 Å². The lowest BCUT2D eigenvalue weighted by molar-refractivity contribution is 0.00798. The van der Waals surface area contributed by atoms with Crippen LogP contribution in [0.5, 0.6) is 0 Å². The molecule has 1 N–H and O–H groups in total. The van der Waals surface area contributed by atoms with Gasteiger partial charge in [-0.15, -0.1) is 0 Å². The van der Waals surface area contributed by atoms with E-state index in [9.17, 15) is 9.90 Å². The smallest absolute Gasteiger partial charge is 0.410 e. The third-order valence-corrected chi connectivity index (χ3v) is 5.47. The molecule has 7 heteroatoms. The lowest BCUT2D eigenvalue weighted by Crippen LogP contribution is -2.44. The molecule has 0 spiro atoms. The largest absolute Gasteiger partial charge is 0.444 e. The second-order valence-electron chi connectivity index (χ2n) is 7.17. The van der Waals surface area contributed by atoms with Gasteiger partial charge < -0.3 is 14.7 Å². The molecule has 1 amide bonds.